The minimum absolute atomic E-state index is 0.0484. The number of nitrogens with zero attached hydrogens (tertiary/aromatic N) is 2. The van der Waals surface area contributed by atoms with Gasteiger partial charge < -0.3 is 15.0 Å². The van der Waals surface area contributed by atoms with Gasteiger partial charge in [-0.15, -0.1) is 0 Å². The number of carbonyl (C=O) groups is 1. The molecule has 1 aromatic heterocycles. The van der Waals surface area contributed by atoms with Gasteiger partial charge in [0.05, 0.1) is 6.04 Å². The largest absolute Gasteiger partial charge is 0.445 e. The van der Waals surface area contributed by atoms with Crippen molar-refractivity contribution in [3.63, 3.8) is 0 Å². The summed E-state index contributed by atoms with van der Waals surface area (Å²) < 4.78 is 5.57. The molecular weight excluding hydrogens is 338 g/mol. The van der Waals surface area contributed by atoms with Crippen molar-refractivity contribution in [3.8, 4) is 0 Å². The van der Waals surface area contributed by atoms with Crippen LogP contribution in [0.3, 0.4) is 0 Å². The maximum absolute atomic E-state index is 12.7. The highest BCUT2D eigenvalue weighted by Gasteiger charge is 2.29. The quantitative estimate of drug-likeness (QED) is 0.818. The lowest BCUT2D eigenvalue weighted by atomic mass is 9.93. The summed E-state index contributed by atoms with van der Waals surface area (Å²) >= 11 is 0. The first-order valence-corrected chi connectivity index (χ1v) is 9.99. The average Bonchev–Trinajstić information content (AvgIpc) is 2.70. The Morgan fingerprint density at radius 3 is 2.63 bits per heavy atom. The van der Waals surface area contributed by atoms with Gasteiger partial charge in [-0.3, -0.25) is 0 Å². The summed E-state index contributed by atoms with van der Waals surface area (Å²) in [6, 6.07) is 14.6. The van der Waals surface area contributed by atoms with E-state index < -0.39 is 0 Å². The molecule has 0 bridgehead atoms. The number of pyridine rings is 1. The van der Waals surface area contributed by atoms with Gasteiger partial charge in [-0.1, -0.05) is 36.4 Å². The van der Waals surface area contributed by atoms with E-state index in [1.807, 2.05) is 47.5 Å². The van der Waals surface area contributed by atoms with E-state index in [2.05, 4.69) is 16.4 Å². The molecule has 1 saturated carbocycles. The van der Waals surface area contributed by atoms with Crippen LogP contribution >= 0.6 is 0 Å². The average molecular weight is 365 g/mol. The number of nitrogens with one attached hydrogen (secondary N) is 1. The molecule has 1 aromatic carbocycles. The third-order valence-electron chi connectivity index (χ3n) is 5.57. The maximum atomic E-state index is 12.7. The van der Waals surface area contributed by atoms with Crippen molar-refractivity contribution in [2.75, 3.05) is 11.9 Å². The highest BCUT2D eigenvalue weighted by atomic mass is 16.6. The standard InChI is InChI=1S/C22H27N3O2/c26-22(27-16-17-7-2-1-3-8-17)25-14-5-4-11-20(25)18-12-13-21(23-15-18)24-19-9-6-10-19/h1-3,7-8,12-13,15,19-20H,4-6,9-11,14,16H2,(H,23,24). The van der Waals surface area contributed by atoms with Crippen molar-refractivity contribution < 1.29 is 9.53 Å². The number of piperidine rings is 1. The number of hydrogen-bond acceptors (Lipinski definition) is 4. The third-order valence-corrected chi connectivity index (χ3v) is 5.57. The van der Waals surface area contributed by atoms with Crippen molar-refractivity contribution in [3.05, 3.63) is 59.8 Å². The summed E-state index contributed by atoms with van der Waals surface area (Å²) in [6.07, 6.45) is 8.53. The van der Waals surface area contributed by atoms with Gasteiger partial charge in [-0.05, 0) is 55.7 Å². The molecule has 1 unspecified atom stereocenters. The molecule has 5 heteroatoms. The van der Waals surface area contributed by atoms with Crippen molar-refractivity contribution >= 4 is 11.9 Å². The second-order valence-corrected chi connectivity index (χ2v) is 7.49. The normalized spacial score (nSPS) is 20.0. The number of amides is 1. The molecule has 1 N–H and O–H groups in total. The molecule has 4 rings (SSSR count). The minimum atomic E-state index is -0.236. The fourth-order valence-electron chi connectivity index (χ4n) is 3.75. The van der Waals surface area contributed by atoms with Gasteiger partial charge in [0.25, 0.3) is 0 Å². The molecular formula is C22H27N3O2. The molecule has 2 aromatic rings. The van der Waals surface area contributed by atoms with Crippen LogP contribution in [0.5, 0.6) is 0 Å². The summed E-state index contributed by atoms with van der Waals surface area (Å²) in [5.41, 5.74) is 2.10. The predicted molar refractivity (Wildman–Crippen MR) is 105 cm³/mol. The molecule has 142 valence electrons. The molecule has 27 heavy (non-hydrogen) atoms. The predicted octanol–water partition coefficient (Wildman–Crippen LogP) is 4.91. The Morgan fingerprint density at radius 2 is 1.93 bits per heavy atom. The van der Waals surface area contributed by atoms with Gasteiger partial charge in [0.2, 0.25) is 0 Å². The lowest BCUT2D eigenvalue weighted by molar-refractivity contribution is 0.0678. The number of aromatic nitrogens is 1. The van der Waals surface area contributed by atoms with Crippen LogP contribution in [0.4, 0.5) is 10.6 Å². The topological polar surface area (TPSA) is 54.5 Å². The SMILES string of the molecule is O=C(OCc1ccccc1)N1CCCCC1c1ccc(NC2CCC2)nc1. The minimum Gasteiger partial charge on any atom is -0.445 e. The first kappa shape index (κ1) is 17.8. The fraction of sp³-hybridized carbons (Fsp3) is 0.455. The van der Waals surface area contributed by atoms with Crippen LogP contribution in [0.2, 0.25) is 0 Å². The second-order valence-electron chi connectivity index (χ2n) is 7.49. The van der Waals surface area contributed by atoms with E-state index in [4.69, 9.17) is 4.74 Å². The van der Waals surface area contributed by atoms with Gasteiger partial charge in [0.15, 0.2) is 0 Å². The van der Waals surface area contributed by atoms with Crippen molar-refractivity contribution in [1.29, 1.82) is 0 Å². The monoisotopic (exact) mass is 365 g/mol. The summed E-state index contributed by atoms with van der Waals surface area (Å²) in [7, 11) is 0. The van der Waals surface area contributed by atoms with E-state index in [-0.39, 0.29) is 12.1 Å². The third kappa shape index (κ3) is 4.41. The number of likely N-dealkylation sites (tertiary alicyclic amines) is 1. The van der Waals surface area contributed by atoms with Gasteiger partial charge in [0, 0.05) is 18.8 Å². The highest BCUT2D eigenvalue weighted by Crippen LogP contribution is 2.32. The van der Waals surface area contributed by atoms with E-state index >= 15 is 0 Å². The molecule has 2 heterocycles. The van der Waals surface area contributed by atoms with Gasteiger partial charge >= 0.3 is 6.09 Å². The summed E-state index contributed by atoms with van der Waals surface area (Å²) in [5, 5.41) is 3.46. The maximum Gasteiger partial charge on any atom is 0.410 e. The Bertz CT molecular complexity index is 744. The number of hydrogen-bond donors (Lipinski definition) is 1. The Kier molecular flexibility index (Phi) is 5.56. The van der Waals surface area contributed by atoms with Crippen LogP contribution in [-0.4, -0.2) is 28.6 Å². The summed E-state index contributed by atoms with van der Waals surface area (Å²) in [4.78, 5) is 19.1. The molecule has 1 aliphatic carbocycles. The fourth-order valence-corrected chi connectivity index (χ4v) is 3.75. The lowest BCUT2D eigenvalue weighted by Gasteiger charge is -2.35. The molecule has 2 fully saturated rings. The van der Waals surface area contributed by atoms with Crippen LogP contribution in [-0.2, 0) is 11.3 Å². The van der Waals surface area contributed by atoms with Crippen LogP contribution in [0.1, 0.15) is 55.7 Å². The Balaban J connectivity index is 1.39. The molecule has 0 radical (unpaired) electrons. The summed E-state index contributed by atoms with van der Waals surface area (Å²) in [5.74, 6) is 0.928. The first-order chi connectivity index (χ1) is 13.3. The Hall–Kier alpha value is -2.56. The molecule has 1 saturated heterocycles. The number of ether oxygens (including phenoxy) is 1. The van der Waals surface area contributed by atoms with Crippen molar-refractivity contribution in [2.24, 2.45) is 0 Å². The van der Waals surface area contributed by atoms with Crippen molar-refractivity contribution in [2.45, 2.75) is 57.2 Å². The van der Waals surface area contributed by atoms with Crippen LogP contribution in [0.25, 0.3) is 0 Å². The zero-order valence-electron chi connectivity index (χ0n) is 15.6. The number of carbonyl (C=O) groups excluding carboxylic acids is 1. The summed E-state index contributed by atoms with van der Waals surface area (Å²) in [6.45, 7) is 1.05. The zero-order valence-corrected chi connectivity index (χ0v) is 15.6. The van der Waals surface area contributed by atoms with Crippen LogP contribution in [0.15, 0.2) is 48.7 Å². The number of anilines is 1. The molecule has 0 spiro atoms. The van der Waals surface area contributed by atoms with E-state index in [1.165, 1.54) is 19.3 Å². The van der Waals surface area contributed by atoms with Crippen molar-refractivity contribution in [1.82, 2.24) is 9.88 Å². The Morgan fingerprint density at radius 1 is 1.07 bits per heavy atom. The van der Waals surface area contributed by atoms with E-state index in [9.17, 15) is 4.79 Å². The molecule has 2 aliphatic rings. The smallest absolute Gasteiger partial charge is 0.410 e. The van der Waals surface area contributed by atoms with Gasteiger partial charge in [-0.25, -0.2) is 9.78 Å². The van der Waals surface area contributed by atoms with Crippen LogP contribution < -0.4 is 5.32 Å². The first-order valence-electron chi connectivity index (χ1n) is 9.99. The van der Waals surface area contributed by atoms with E-state index in [0.717, 1.165) is 42.8 Å². The zero-order chi connectivity index (χ0) is 18.5. The second kappa shape index (κ2) is 8.42. The van der Waals surface area contributed by atoms with E-state index in [1.54, 1.807) is 0 Å². The van der Waals surface area contributed by atoms with E-state index in [0.29, 0.717) is 12.6 Å². The number of rotatable bonds is 5. The number of benzene rings is 1. The highest BCUT2D eigenvalue weighted by molar-refractivity contribution is 5.68. The Labute approximate surface area is 160 Å². The van der Waals surface area contributed by atoms with Gasteiger partial charge in [-0.2, -0.15) is 0 Å². The van der Waals surface area contributed by atoms with Crippen LogP contribution in [0, 0.1) is 0 Å². The lowest BCUT2D eigenvalue weighted by Crippen LogP contribution is -2.38. The molecule has 5 nitrogen and oxygen atoms in total. The molecule has 1 aliphatic heterocycles. The molecule has 1 atom stereocenters. The van der Waals surface area contributed by atoms with Gasteiger partial charge in [0.1, 0.15) is 12.4 Å². The molecule has 1 amide bonds.